The summed E-state index contributed by atoms with van der Waals surface area (Å²) in [7, 11) is 2.57. The van der Waals surface area contributed by atoms with Gasteiger partial charge in [0, 0.05) is 23.5 Å². The van der Waals surface area contributed by atoms with E-state index < -0.39 is 0 Å². The molecule has 0 aliphatic carbocycles. The summed E-state index contributed by atoms with van der Waals surface area (Å²) < 4.78 is 21.8. The maximum absolute atomic E-state index is 13.9. The number of halogens is 2. The van der Waals surface area contributed by atoms with Crippen LogP contribution in [0.25, 0.3) is 27.5 Å². The molecule has 0 saturated heterocycles. The van der Waals surface area contributed by atoms with Crippen LogP contribution in [0.5, 0.6) is 5.75 Å². The third-order valence-corrected chi connectivity index (χ3v) is 7.41. The van der Waals surface area contributed by atoms with E-state index in [4.69, 9.17) is 26.4 Å². The Bertz CT molecular complexity index is 1340. The van der Waals surface area contributed by atoms with Crippen LogP contribution in [0.15, 0.2) is 46.7 Å². The number of aryl methyl sites for hydroxylation is 1. The van der Waals surface area contributed by atoms with Crippen molar-refractivity contribution in [3.05, 3.63) is 64.7 Å². The second-order valence-corrected chi connectivity index (χ2v) is 10.8. The molecule has 0 radical (unpaired) electrons. The minimum Gasteiger partial charge on any atom is -0.495 e. The van der Waals surface area contributed by atoms with Crippen LogP contribution in [-0.2, 0) is 0 Å². The Morgan fingerprint density at radius 3 is 2.57 bits per heavy atom. The number of nitrogens with zero attached hydrogens (tertiary/aromatic N) is 3. The van der Waals surface area contributed by atoms with Crippen molar-refractivity contribution in [1.29, 1.82) is 0 Å². The normalized spacial score (nSPS) is 10.8. The number of aliphatic hydroxyl groups excluding tert-OH is 1. The molecule has 6 nitrogen and oxygen atoms in total. The number of carbonyl (C=O) groups is 1. The summed E-state index contributed by atoms with van der Waals surface area (Å²) in [4.78, 5) is 17.0. The first-order valence-corrected chi connectivity index (χ1v) is 12.7. The molecule has 10 heteroatoms. The largest absolute Gasteiger partial charge is 0.495 e. The molecule has 0 aliphatic heterocycles. The van der Waals surface area contributed by atoms with Gasteiger partial charge >= 0.3 is 0 Å². The molecule has 0 saturated carbocycles. The Morgan fingerprint density at radius 1 is 1.20 bits per heavy atom. The zero-order valence-electron chi connectivity index (χ0n) is 19.9. The van der Waals surface area contributed by atoms with Gasteiger partial charge in [0.2, 0.25) is 5.13 Å². The summed E-state index contributed by atoms with van der Waals surface area (Å²) in [5, 5.41) is 13.0. The zero-order valence-corrected chi connectivity index (χ0v) is 22.3. The number of hydrogen-bond acceptors (Lipinski definition) is 7. The Kier molecular flexibility index (Phi) is 9.07. The number of carbonyl (C=O) groups excluding carboxylic acids is 1. The minimum absolute atomic E-state index is 0.319. The fourth-order valence-corrected chi connectivity index (χ4v) is 6.15. The van der Waals surface area contributed by atoms with Crippen molar-refractivity contribution in [2.75, 3.05) is 14.2 Å². The molecule has 0 spiro atoms. The predicted octanol–water partition coefficient (Wildman–Crippen LogP) is 6.69. The topological polar surface area (TPSA) is 77.2 Å². The smallest absolute Gasteiger partial charge is 0.212 e. The maximum atomic E-state index is 13.9. The van der Waals surface area contributed by atoms with Gasteiger partial charge in [0.05, 0.1) is 27.7 Å². The summed E-state index contributed by atoms with van der Waals surface area (Å²) in [6, 6.07) is 11.7. The van der Waals surface area contributed by atoms with Crippen LogP contribution in [0.3, 0.4) is 0 Å². The van der Waals surface area contributed by atoms with Gasteiger partial charge in [-0.2, -0.15) is 5.10 Å². The molecule has 0 unspecified atom stereocenters. The average molecular weight is 534 g/mol. The number of rotatable bonds is 7. The zero-order chi connectivity index (χ0) is 25.7. The summed E-state index contributed by atoms with van der Waals surface area (Å²) in [5.74, 6) is 0.182. The SMILES string of the molecule is CO.COc1cc(-c2nc(-n3nc(C)c(-c4cccc(F)c4)c3C=O)sc2SC(C)C)ccc1Cl. The number of methoxy groups -OCH3 is 1. The fraction of sp³-hybridized carbons (Fsp3) is 0.240. The third-order valence-electron chi connectivity index (χ3n) is 4.85. The van der Waals surface area contributed by atoms with Crippen LogP contribution in [-0.4, -0.2) is 45.6 Å². The molecule has 1 N–H and O–H groups in total. The van der Waals surface area contributed by atoms with E-state index in [1.807, 2.05) is 12.1 Å². The van der Waals surface area contributed by atoms with E-state index in [0.29, 0.717) is 43.7 Å². The van der Waals surface area contributed by atoms with Crippen molar-refractivity contribution in [2.24, 2.45) is 0 Å². The van der Waals surface area contributed by atoms with Crippen LogP contribution in [0.4, 0.5) is 4.39 Å². The van der Waals surface area contributed by atoms with Gasteiger partial charge in [0.25, 0.3) is 0 Å². The van der Waals surface area contributed by atoms with E-state index in [9.17, 15) is 9.18 Å². The fourth-order valence-electron chi connectivity index (χ4n) is 3.47. The highest BCUT2D eigenvalue weighted by molar-refractivity contribution is 8.01. The van der Waals surface area contributed by atoms with Crippen LogP contribution in [0.1, 0.15) is 30.0 Å². The maximum Gasteiger partial charge on any atom is 0.212 e. The summed E-state index contributed by atoms with van der Waals surface area (Å²) in [5.41, 5.74) is 3.74. The van der Waals surface area contributed by atoms with E-state index in [0.717, 1.165) is 28.9 Å². The highest BCUT2D eigenvalue weighted by atomic mass is 35.5. The molecule has 4 rings (SSSR count). The van der Waals surface area contributed by atoms with Gasteiger partial charge in [0.15, 0.2) is 6.29 Å². The quantitative estimate of drug-likeness (QED) is 0.210. The first kappa shape index (κ1) is 26.9. The molecular formula is C25H25ClFN3O3S2. The number of aliphatic hydroxyl groups is 1. The Morgan fingerprint density at radius 2 is 1.94 bits per heavy atom. The Balaban J connectivity index is 0.00000167. The van der Waals surface area contributed by atoms with Crippen molar-refractivity contribution in [3.63, 3.8) is 0 Å². The van der Waals surface area contributed by atoms with Crippen LogP contribution in [0, 0.1) is 12.7 Å². The number of ether oxygens (including phenoxy) is 1. The lowest BCUT2D eigenvalue weighted by atomic mass is 10.0. The number of benzene rings is 2. The molecule has 0 bridgehead atoms. The van der Waals surface area contributed by atoms with Gasteiger partial charge in [-0.15, -0.1) is 11.8 Å². The molecule has 35 heavy (non-hydrogen) atoms. The molecule has 2 aromatic carbocycles. The molecule has 0 amide bonds. The van der Waals surface area contributed by atoms with Crippen molar-refractivity contribution in [2.45, 2.75) is 30.2 Å². The van der Waals surface area contributed by atoms with Crippen molar-refractivity contribution in [1.82, 2.24) is 14.8 Å². The summed E-state index contributed by atoms with van der Waals surface area (Å²) >= 11 is 9.34. The number of thioether (sulfide) groups is 1. The monoisotopic (exact) mass is 533 g/mol. The lowest BCUT2D eigenvalue weighted by molar-refractivity contribution is 0.111. The van der Waals surface area contributed by atoms with E-state index in [1.54, 1.807) is 44.0 Å². The Labute approximate surface area is 216 Å². The standard InChI is InChI=1S/C24H21ClFN3O2S2.CH4O/c1-13(2)32-23-22(16-8-9-18(25)20(11-16)31-4)27-24(33-23)29-19(12-30)21(14(3)28-29)15-6-5-7-17(26)10-15;1-2/h5-13H,1-4H3;2H,1H3. The van der Waals surface area contributed by atoms with Gasteiger partial charge in [-0.25, -0.2) is 14.1 Å². The lowest BCUT2D eigenvalue weighted by Crippen LogP contribution is -2.01. The molecule has 0 fully saturated rings. The van der Waals surface area contributed by atoms with Gasteiger partial charge < -0.3 is 9.84 Å². The van der Waals surface area contributed by atoms with Gasteiger partial charge in [0.1, 0.15) is 17.3 Å². The van der Waals surface area contributed by atoms with Crippen molar-refractivity contribution < 1.29 is 19.0 Å². The van der Waals surface area contributed by atoms with Crippen molar-refractivity contribution in [3.8, 4) is 33.3 Å². The van der Waals surface area contributed by atoms with Gasteiger partial charge in [-0.3, -0.25) is 4.79 Å². The second kappa shape index (κ2) is 11.8. The predicted molar refractivity (Wildman–Crippen MR) is 141 cm³/mol. The summed E-state index contributed by atoms with van der Waals surface area (Å²) in [6.45, 7) is 6.01. The third kappa shape index (κ3) is 5.75. The van der Waals surface area contributed by atoms with Gasteiger partial charge in [-0.05, 0) is 36.8 Å². The van der Waals surface area contributed by atoms with E-state index >= 15 is 0 Å². The molecule has 184 valence electrons. The lowest BCUT2D eigenvalue weighted by Gasteiger charge is -2.07. The number of aromatic nitrogens is 3. The second-order valence-electron chi connectivity index (χ2n) is 7.53. The highest BCUT2D eigenvalue weighted by Gasteiger charge is 2.23. The summed E-state index contributed by atoms with van der Waals surface area (Å²) in [6.07, 6.45) is 0.738. The molecule has 4 aromatic rings. The first-order valence-electron chi connectivity index (χ1n) is 10.6. The van der Waals surface area contributed by atoms with E-state index in [1.165, 1.54) is 28.2 Å². The Hall–Kier alpha value is -2.72. The molecule has 0 aliphatic rings. The average Bonchev–Trinajstić information content (AvgIpc) is 3.40. The molecule has 2 aromatic heterocycles. The van der Waals surface area contributed by atoms with Crippen LogP contribution >= 0.6 is 34.7 Å². The highest BCUT2D eigenvalue weighted by Crippen LogP contribution is 2.42. The molecule has 0 atom stereocenters. The van der Waals surface area contributed by atoms with Gasteiger partial charge in [-0.1, -0.05) is 55.0 Å². The van der Waals surface area contributed by atoms with Crippen LogP contribution in [0.2, 0.25) is 5.02 Å². The number of thiazole rings is 1. The molecule has 2 heterocycles. The van der Waals surface area contributed by atoms with Crippen molar-refractivity contribution >= 4 is 41.0 Å². The molecular weight excluding hydrogens is 509 g/mol. The van der Waals surface area contributed by atoms with E-state index in [2.05, 4.69) is 18.9 Å². The van der Waals surface area contributed by atoms with E-state index in [-0.39, 0.29) is 5.82 Å². The first-order chi connectivity index (χ1) is 16.8. The van der Waals surface area contributed by atoms with Crippen LogP contribution < -0.4 is 4.74 Å². The minimum atomic E-state index is -0.375. The number of aldehydes is 1. The number of hydrogen-bond donors (Lipinski definition) is 1.